The summed E-state index contributed by atoms with van der Waals surface area (Å²) in [4.78, 5) is 12.1. The highest BCUT2D eigenvalue weighted by Crippen LogP contribution is 2.22. The number of aryl methyl sites for hydroxylation is 2. The van der Waals surface area contributed by atoms with Crippen LogP contribution in [-0.4, -0.2) is 5.78 Å². The van der Waals surface area contributed by atoms with Crippen LogP contribution in [0.25, 0.3) is 6.08 Å². The van der Waals surface area contributed by atoms with Crippen LogP contribution in [0, 0.1) is 13.8 Å². The predicted octanol–water partition coefficient (Wildman–Crippen LogP) is 5.51. The number of ketones is 1. The van der Waals surface area contributed by atoms with Crippen molar-refractivity contribution >= 4 is 35.1 Å². The number of rotatable bonds is 3. The van der Waals surface area contributed by atoms with Crippen molar-refractivity contribution in [3.8, 4) is 0 Å². The van der Waals surface area contributed by atoms with E-state index in [9.17, 15) is 4.79 Å². The van der Waals surface area contributed by atoms with Gasteiger partial charge in [0.15, 0.2) is 5.78 Å². The minimum Gasteiger partial charge on any atom is -0.289 e. The maximum absolute atomic E-state index is 12.1. The van der Waals surface area contributed by atoms with E-state index in [0.717, 1.165) is 11.1 Å². The van der Waals surface area contributed by atoms with Gasteiger partial charge in [0.1, 0.15) is 0 Å². The highest BCUT2D eigenvalue weighted by molar-refractivity contribution is 6.35. The average Bonchev–Trinajstić information content (AvgIpc) is 2.40. The van der Waals surface area contributed by atoms with Crippen LogP contribution in [0.3, 0.4) is 0 Å². The average molecular weight is 305 g/mol. The summed E-state index contributed by atoms with van der Waals surface area (Å²) in [7, 11) is 0. The van der Waals surface area contributed by atoms with Crippen LogP contribution in [0.15, 0.2) is 42.5 Å². The van der Waals surface area contributed by atoms with E-state index in [1.807, 2.05) is 32.0 Å². The van der Waals surface area contributed by atoms with Gasteiger partial charge in [-0.1, -0.05) is 41.4 Å². The lowest BCUT2D eigenvalue weighted by molar-refractivity contribution is 0.104. The van der Waals surface area contributed by atoms with Crippen molar-refractivity contribution in [2.24, 2.45) is 0 Å². The van der Waals surface area contributed by atoms with Gasteiger partial charge in [-0.05, 0) is 60.9 Å². The molecule has 0 atom stereocenters. The number of carbonyl (C=O) groups excluding carboxylic acids is 1. The summed E-state index contributed by atoms with van der Waals surface area (Å²) in [6, 6.07) is 10.9. The van der Waals surface area contributed by atoms with Crippen LogP contribution in [0.4, 0.5) is 0 Å². The van der Waals surface area contributed by atoms with Crippen LogP contribution in [-0.2, 0) is 0 Å². The van der Waals surface area contributed by atoms with E-state index in [1.54, 1.807) is 24.3 Å². The summed E-state index contributed by atoms with van der Waals surface area (Å²) < 4.78 is 0. The SMILES string of the molecule is Cc1ccc(C(=O)C=Cc2ccc(Cl)cc2Cl)cc1C. The van der Waals surface area contributed by atoms with Gasteiger partial charge in [0.25, 0.3) is 0 Å². The lowest BCUT2D eigenvalue weighted by Gasteiger charge is -2.02. The van der Waals surface area contributed by atoms with Crippen LogP contribution in [0.1, 0.15) is 27.0 Å². The normalized spacial score (nSPS) is 11.0. The van der Waals surface area contributed by atoms with Crippen molar-refractivity contribution in [2.45, 2.75) is 13.8 Å². The van der Waals surface area contributed by atoms with Gasteiger partial charge in [-0.2, -0.15) is 0 Å². The fourth-order valence-corrected chi connectivity index (χ4v) is 2.26. The molecular weight excluding hydrogens is 291 g/mol. The first-order valence-electron chi connectivity index (χ1n) is 6.22. The number of benzene rings is 2. The van der Waals surface area contributed by atoms with Crippen molar-refractivity contribution in [3.05, 3.63) is 74.8 Å². The first-order chi connectivity index (χ1) is 9.47. The molecule has 0 unspecified atom stereocenters. The van der Waals surface area contributed by atoms with Gasteiger partial charge in [0.2, 0.25) is 0 Å². The second-order valence-corrected chi connectivity index (χ2v) is 5.51. The van der Waals surface area contributed by atoms with Gasteiger partial charge in [-0.3, -0.25) is 4.79 Å². The number of hydrogen-bond acceptors (Lipinski definition) is 1. The summed E-state index contributed by atoms with van der Waals surface area (Å²) in [5.41, 5.74) is 3.72. The van der Waals surface area contributed by atoms with Crippen molar-refractivity contribution in [2.75, 3.05) is 0 Å². The molecule has 0 fully saturated rings. The molecule has 0 aliphatic rings. The molecule has 1 nitrogen and oxygen atoms in total. The zero-order chi connectivity index (χ0) is 14.7. The molecule has 2 aromatic carbocycles. The molecular formula is C17H14Cl2O. The van der Waals surface area contributed by atoms with E-state index in [0.29, 0.717) is 15.6 Å². The van der Waals surface area contributed by atoms with Crippen molar-refractivity contribution in [1.29, 1.82) is 0 Å². The molecule has 0 bridgehead atoms. The maximum Gasteiger partial charge on any atom is 0.185 e. The molecule has 0 aliphatic heterocycles. The van der Waals surface area contributed by atoms with Crippen LogP contribution in [0.2, 0.25) is 10.0 Å². The second-order valence-electron chi connectivity index (χ2n) is 4.66. The summed E-state index contributed by atoms with van der Waals surface area (Å²) in [6.45, 7) is 4.01. The molecule has 0 N–H and O–H groups in total. The van der Waals surface area contributed by atoms with E-state index < -0.39 is 0 Å². The monoisotopic (exact) mass is 304 g/mol. The van der Waals surface area contributed by atoms with E-state index >= 15 is 0 Å². The Bertz CT molecular complexity index is 687. The maximum atomic E-state index is 12.1. The number of hydrogen-bond donors (Lipinski definition) is 0. The topological polar surface area (TPSA) is 17.1 Å². The lowest BCUT2D eigenvalue weighted by Crippen LogP contribution is -1.95. The van der Waals surface area contributed by atoms with Crippen LogP contribution < -0.4 is 0 Å². The van der Waals surface area contributed by atoms with Crippen molar-refractivity contribution < 1.29 is 4.79 Å². The Balaban J connectivity index is 2.22. The van der Waals surface area contributed by atoms with Crippen molar-refractivity contribution in [3.63, 3.8) is 0 Å². The van der Waals surface area contributed by atoms with Gasteiger partial charge in [-0.15, -0.1) is 0 Å². The minimum atomic E-state index is -0.0425. The van der Waals surface area contributed by atoms with Gasteiger partial charge in [-0.25, -0.2) is 0 Å². The summed E-state index contributed by atoms with van der Waals surface area (Å²) >= 11 is 11.9. The number of carbonyl (C=O) groups is 1. The molecule has 0 amide bonds. The quantitative estimate of drug-likeness (QED) is 0.540. The summed E-state index contributed by atoms with van der Waals surface area (Å²) in [5.74, 6) is -0.0425. The molecule has 0 saturated heterocycles. The summed E-state index contributed by atoms with van der Waals surface area (Å²) in [6.07, 6.45) is 3.23. The molecule has 0 aliphatic carbocycles. The fraction of sp³-hybridized carbons (Fsp3) is 0.118. The third-order valence-corrected chi connectivity index (χ3v) is 3.73. The smallest absolute Gasteiger partial charge is 0.185 e. The standard InChI is InChI=1S/C17H14Cl2O/c1-11-3-4-14(9-12(11)2)17(20)8-6-13-5-7-15(18)10-16(13)19/h3-10H,1-2H3. The van der Waals surface area contributed by atoms with E-state index in [-0.39, 0.29) is 5.78 Å². The highest BCUT2D eigenvalue weighted by Gasteiger charge is 2.04. The Kier molecular flexibility index (Phi) is 4.64. The van der Waals surface area contributed by atoms with Gasteiger partial charge in [0.05, 0.1) is 0 Å². The molecule has 3 heteroatoms. The summed E-state index contributed by atoms with van der Waals surface area (Å²) in [5, 5.41) is 1.11. The Hall–Kier alpha value is -1.57. The third-order valence-electron chi connectivity index (χ3n) is 3.17. The zero-order valence-electron chi connectivity index (χ0n) is 11.3. The molecule has 2 aromatic rings. The van der Waals surface area contributed by atoms with Gasteiger partial charge >= 0.3 is 0 Å². The predicted molar refractivity (Wildman–Crippen MR) is 85.7 cm³/mol. The highest BCUT2D eigenvalue weighted by atomic mass is 35.5. The molecule has 2 rings (SSSR count). The van der Waals surface area contributed by atoms with E-state index in [2.05, 4.69) is 0 Å². The molecule has 0 saturated carbocycles. The third kappa shape index (κ3) is 3.50. The van der Waals surface area contributed by atoms with Gasteiger partial charge < -0.3 is 0 Å². The Morgan fingerprint density at radius 3 is 2.40 bits per heavy atom. The molecule has 102 valence electrons. The molecule has 20 heavy (non-hydrogen) atoms. The van der Waals surface area contributed by atoms with Crippen LogP contribution in [0.5, 0.6) is 0 Å². The fourth-order valence-electron chi connectivity index (χ4n) is 1.79. The number of halogens is 2. The first-order valence-corrected chi connectivity index (χ1v) is 6.97. The second kappa shape index (κ2) is 6.25. The van der Waals surface area contributed by atoms with Crippen molar-refractivity contribution in [1.82, 2.24) is 0 Å². The Morgan fingerprint density at radius 2 is 1.75 bits per heavy atom. The Morgan fingerprint density at radius 1 is 1.00 bits per heavy atom. The first kappa shape index (κ1) is 14.8. The van der Waals surface area contributed by atoms with E-state index in [4.69, 9.17) is 23.2 Å². The molecule has 0 aromatic heterocycles. The molecule has 0 radical (unpaired) electrons. The van der Waals surface area contributed by atoms with Crippen LogP contribution >= 0.6 is 23.2 Å². The lowest BCUT2D eigenvalue weighted by atomic mass is 10.0. The largest absolute Gasteiger partial charge is 0.289 e. The Labute approximate surface area is 128 Å². The minimum absolute atomic E-state index is 0.0425. The zero-order valence-corrected chi connectivity index (χ0v) is 12.8. The number of allylic oxidation sites excluding steroid dienone is 1. The van der Waals surface area contributed by atoms with E-state index in [1.165, 1.54) is 11.6 Å². The van der Waals surface area contributed by atoms with Gasteiger partial charge in [0, 0.05) is 15.6 Å². The molecule has 0 spiro atoms. The molecule has 0 heterocycles.